The number of aryl methyl sites for hydroxylation is 1. The van der Waals surface area contributed by atoms with E-state index in [1.165, 1.54) is 18.2 Å². The second-order valence-electron chi connectivity index (χ2n) is 5.19. The fraction of sp³-hybridized carbons (Fsp3) is 0.400. The monoisotopic (exact) mass is 275 g/mol. The number of benzene rings is 1. The van der Waals surface area contributed by atoms with Crippen LogP contribution in [0, 0.1) is 11.7 Å². The number of nitrogens with one attached hydrogen (secondary N) is 1. The lowest BCUT2D eigenvalue weighted by Gasteiger charge is -2.21. The van der Waals surface area contributed by atoms with Crippen LogP contribution in [0.15, 0.2) is 30.5 Å². The molecule has 106 valence electrons. The fourth-order valence-corrected chi connectivity index (χ4v) is 2.52. The molecule has 0 bridgehead atoms. The van der Waals surface area contributed by atoms with Gasteiger partial charge in [-0.15, -0.1) is 0 Å². The summed E-state index contributed by atoms with van der Waals surface area (Å²) in [6, 6.07) is 5.93. The predicted octanol–water partition coefficient (Wildman–Crippen LogP) is 3.31. The Hall–Kier alpha value is -2.04. The molecule has 1 aromatic carbocycles. The summed E-state index contributed by atoms with van der Waals surface area (Å²) in [4.78, 5) is 0. The Bertz CT molecular complexity index is 607. The Labute approximate surface area is 117 Å². The molecule has 0 saturated heterocycles. The third-order valence-corrected chi connectivity index (χ3v) is 3.74. The van der Waals surface area contributed by atoms with Gasteiger partial charge in [0.15, 0.2) is 0 Å². The molecule has 1 aliphatic rings. The van der Waals surface area contributed by atoms with Gasteiger partial charge in [-0.05, 0) is 43.9 Å². The van der Waals surface area contributed by atoms with E-state index < -0.39 is 0 Å². The molecular formula is C15H18FN3O. The number of anilines is 1. The molecule has 20 heavy (non-hydrogen) atoms. The number of halogens is 1. The number of hydrogen-bond acceptors (Lipinski definition) is 3. The first-order chi connectivity index (χ1) is 9.69. The molecule has 2 aromatic rings. The number of hydrogen-bond donors (Lipinski definition) is 2. The molecule has 0 radical (unpaired) electrons. The molecule has 0 spiro atoms. The van der Waals surface area contributed by atoms with Crippen molar-refractivity contribution in [1.29, 1.82) is 0 Å². The molecular weight excluding hydrogens is 257 g/mol. The van der Waals surface area contributed by atoms with Crippen molar-refractivity contribution < 1.29 is 9.50 Å². The van der Waals surface area contributed by atoms with Crippen molar-refractivity contribution in [1.82, 2.24) is 9.78 Å². The molecule has 1 aliphatic carbocycles. The van der Waals surface area contributed by atoms with Crippen molar-refractivity contribution in [2.45, 2.75) is 32.4 Å². The quantitative estimate of drug-likeness (QED) is 0.880. The maximum Gasteiger partial charge on any atom is 0.124 e. The van der Waals surface area contributed by atoms with E-state index >= 15 is 0 Å². The van der Waals surface area contributed by atoms with Crippen LogP contribution in [0.1, 0.15) is 31.4 Å². The maximum absolute atomic E-state index is 13.5. The normalized spacial score (nSPS) is 16.1. The maximum atomic E-state index is 13.5. The first-order valence-corrected chi connectivity index (χ1v) is 6.95. The molecule has 1 fully saturated rings. The number of phenols is 1. The molecule has 2 N–H and O–H groups in total. The third kappa shape index (κ3) is 2.48. The summed E-state index contributed by atoms with van der Waals surface area (Å²) in [6.45, 7) is 2.78. The van der Waals surface area contributed by atoms with Crippen molar-refractivity contribution in [3.05, 3.63) is 41.8 Å². The van der Waals surface area contributed by atoms with E-state index in [4.69, 9.17) is 0 Å². The van der Waals surface area contributed by atoms with Gasteiger partial charge in [0, 0.05) is 18.2 Å². The highest BCUT2D eigenvalue weighted by atomic mass is 19.1. The molecule has 0 aliphatic heterocycles. The standard InChI is InChI=1S/C15H18FN3O/c1-2-19-14(7-8-17-19)18-15(10-3-4-10)12-9-11(16)5-6-13(12)20/h5-10,15,18,20H,2-4H2,1H3. The lowest BCUT2D eigenvalue weighted by atomic mass is 10.0. The minimum atomic E-state index is -0.325. The van der Waals surface area contributed by atoms with Crippen LogP contribution in [-0.4, -0.2) is 14.9 Å². The highest BCUT2D eigenvalue weighted by Crippen LogP contribution is 2.45. The Kier molecular flexibility index (Phi) is 3.34. The zero-order valence-corrected chi connectivity index (χ0v) is 11.4. The molecule has 1 saturated carbocycles. The summed E-state index contributed by atoms with van der Waals surface area (Å²) in [5.74, 6) is 1.14. The van der Waals surface area contributed by atoms with E-state index in [9.17, 15) is 9.50 Å². The van der Waals surface area contributed by atoms with Crippen molar-refractivity contribution in [3.8, 4) is 5.75 Å². The molecule has 4 nitrogen and oxygen atoms in total. The molecule has 1 atom stereocenters. The van der Waals surface area contributed by atoms with Crippen LogP contribution in [0.5, 0.6) is 5.75 Å². The molecule has 1 heterocycles. The van der Waals surface area contributed by atoms with Crippen molar-refractivity contribution in [3.63, 3.8) is 0 Å². The second-order valence-corrected chi connectivity index (χ2v) is 5.19. The molecule has 0 amide bonds. The van der Waals surface area contributed by atoms with Gasteiger partial charge in [0.2, 0.25) is 0 Å². The second kappa shape index (κ2) is 5.15. The smallest absolute Gasteiger partial charge is 0.124 e. The highest BCUT2D eigenvalue weighted by molar-refractivity contribution is 5.44. The van der Waals surface area contributed by atoms with Crippen LogP contribution in [0.2, 0.25) is 0 Å². The van der Waals surface area contributed by atoms with Gasteiger partial charge >= 0.3 is 0 Å². The van der Waals surface area contributed by atoms with Crippen molar-refractivity contribution in [2.75, 3.05) is 5.32 Å². The van der Waals surface area contributed by atoms with Crippen molar-refractivity contribution in [2.24, 2.45) is 5.92 Å². The topological polar surface area (TPSA) is 50.1 Å². The lowest BCUT2D eigenvalue weighted by molar-refractivity contribution is 0.456. The Morgan fingerprint density at radius 3 is 2.95 bits per heavy atom. The summed E-state index contributed by atoms with van der Waals surface area (Å²) >= 11 is 0. The van der Waals surface area contributed by atoms with E-state index in [2.05, 4.69) is 10.4 Å². The van der Waals surface area contributed by atoms with Gasteiger partial charge in [0.05, 0.1) is 12.2 Å². The van der Waals surface area contributed by atoms with E-state index in [1.807, 2.05) is 17.7 Å². The summed E-state index contributed by atoms with van der Waals surface area (Å²) in [6.07, 6.45) is 3.92. The first-order valence-electron chi connectivity index (χ1n) is 6.95. The fourth-order valence-electron chi connectivity index (χ4n) is 2.52. The summed E-state index contributed by atoms with van der Waals surface area (Å²) in [5.41, 5.74) is 0.622. The molecule has 5 heteroatoms. The predicted molar refractivity (Wildman–Crippen MR) is 75.1 cm³/mol. The molecule has 1 unspecified atom stereocenters. The SMILES string of the molecule is CCn1nccc1NC(c1cc(F)ccc1O)C1CC1. The van der Waals surface area contributed by atoms with Gasteiger partial charge in [-0.3, -0.25) is 4.68 Å². The zero-order valence-electron chi connectivity index (χ0n) is 11.4. The van der Waals surface area contributed by atoms with E-state index in [0.717, 1.165) is 25.2 Å². The minimum Gasteiger partial charge on any atom is -0.508 e. The lowest BCUT2D eigenvalue weighted by Crippen LogP contribution is -2.16. The van der Waals surface area contributed by atoms with E-state index in [-0.39, 0.29) is 17.6 Å². The van der Waals surface area contributed by atoms with Gasteiger partial charge in [0.1, 0.15) is 17.4 Å². The van der Waals surface area contributed by atoms with E-state index in [0.29, 0.717) is 11.5 Å². The van der Waals surface area contributed by atoms with Crippen LogP contribution in [-0.2, 0) is 6.54 Å². The molecule has 1 aromatic heterocycles. The van der Waals surface area contributed by atoms with Crippen LogP contribution in [0.3, 0.4) is 0 Å². The van der Waals surface area contributed by atoms with Gasteiger partial charge in [-0.1, -0.05) is 0 Å². The van der Waals surface area contributed by atoms with Crippen molar-refractivity contribution >= 4 is 5.82 Å². The minimum absolute atomic E-state index is 0.0762. The number of phenolic OH excluding ortho intramolecular Hbond substituents is 1. The largest absolute Gasteiger partial charge is 0.508 e. The Morgan fingerprint density at radius 1 is 1.45 bits per heavy atom. The number of aromatic nitrogens is 2. The van der Waals surface area contributed by atoms with Crippen LogP contribution in [0.4, 0.5) is 10.2 Å². The van der Waals surface area contributed by atoms with Gasteiger partial charge in [-0.25, -0.2) is 4.39 Å². The number of rotatable bonds is 5. The summed E-state index contributed by atoms with van der Waals surface area (Å²) < 4.78 is 15.3. The average Bonchev–Trinajstić information content (AvgIpc) is 3.18. The number of nitrogens with zero attached hydrogens (tertiary/aromatic N) is 2. The van der Waals surface area contributed by atoms with Gasteiger partial charge in [-0.2, -0.15) is 5.10 Å². The highest BCUT2D eigenvalue weighted by Gasteiger charge is 2.34. The van der Waals surface area contributed by atoms with Crippen LogP contribution in [0.25, 0.3) is 0 Å². The van der Waals surface area contributed by atoms with E-state index in [1.54, 1.807) is 6.20 Å². The molecule has 3 rings (SSSR count). The Balaban J connectivity index is 1.91. The summed E-state index contributed by atoms with van der Waals surface area (Å²) in [7, 11) is 0. The Morgan fingerprint density at radius 2 is 2.25 bits per heavy atom. The van der Waals surface area contributed by atoms with Crippen LogP contribution < -0.4 is 5.32 Å². The van der Waals surface area contributed by atoms with Crippen LogP contribution >= 0.6 is 0 Å². The summed E-state index contributed by atoms with van der Waals surface area (Å²) in [5, 5.41) is 17.6. The zero-order chi connectivity index (χ0) is 14.1. The first kappa shape index (κ1) is 13.0. The number of aromatic hydroxyl groups is 1. The van der Waals surface area contributed by atoms with Gasteiger partial charge in [0.25, 0.3) is 0 Å². The third-order valence-electron chi connectivity index (χ3n) is 3.74. The van der Waals surface area contributed by atoms with Gasteiger partial charge < -0.3 is 10.4 Å². The average molecular weight is 275 g/mol.